The van der Waals surface area contributed by atoms with Crippen molar-refractivity contribution in [2.24, 2.45) is 29.6 Å². The van der Waals surface area contributed by atoms with Crippen LogP contribution in [0.1, 0.15) is 116 Å². The highest BCUT2D eigenvalue weighted by molar-refractivity contribution is 5.72. The zero-order valence-electron chi connectivity index (χ0n) is 17.5. The Labute approximate surface area is 167 Å². The summed E-state index contributed by atoms with van der Waals surface area (Å²) in [7, 11) is 0. The molecule has 27 heavy (non-hydrogen) atoms. The number of hydrogen-bond acceptors (Lipinski definition) is 2. The second-order valence-electron chi connectivity index (χ2n) is 10.4. The summed E-state index contributed by atoms with van der Waals surface area (Å²) >= 11 is 0. The van der Waals surface area contributed by atoms with Crippen LogP contribution >= 0.6 is 0 Å². The SMILES string of the molecule is O=C(OC1CCC(C2CCCCC2)CC1)C1CCC(C2CCCCC2)CC1. The predicted molar refractivity (Wildman–Crippen MR) is 110 cm³/mol. The van der Waals surface area contributed by atoms with E-state index in [0.717, 1.165) is 49.4 Å². The van der Waals surface area contributed by atoms with E-state index in [1.165, 1.54) is 89.9 Å². The molecule has 0 aliphatic heterocycles. The molecule has 4 saturated carbocycles. The fraction of sp³-hybridized carbons (Fsp3) is 0.960. The van der Waals surface area contributed by atoms with Crippen LogP contribution in [0.15, 0.2) is 0 Å². The van der Waals surface area contributed by atoms with Gasteiger partial charge >= 0.3 is 5.97 Å². The van der Waals surface area contributed by atoms with E-state index in [2.05, 4.69) is 0 Å². The Kier molecular flexibility index (Phi) is 7.17. The number of carbonyl (C=O) groups excluding carboxylic acids is 1. The molecule has 0 spiro atoms. The average Bonchev–Trinajstić information content (AvgIpc) is 2.76. The van der Waals surface area contributed by atoms with Crippen LogP contribution in [0, 0.1) is 29.6 Å². The molecule has 0 saturated heterocycles. The first-order valence-electron chi connectivity index (χ1n) is 12.5. The highest BCUT2D eigenvalue weighted by atomic mass is 16.5. The van der Waals surface area contributed by atoms with Crippen LogP contribution < -0.4 is 0 Å². The Morgan fingerprint density at radius 2 is 0.889 bits per heavy atom. The topological polar surface area (TPSA) is 26.3 Å². The lowest BCUT2D eigenvalue weighted by Crippen LogP contribution is -2.32. The Morgan fingerprint density at radius 1 is 0.481 bits per heavy atom. The lowest BCUT2D eigenvalue weighted by Gasteiger charge is -2.37. The van der Waals surface area contributed by atoms with E-state index in [0.29, 0.717) is 0 Å². The molecule has 0 aromatic carbocycles. The van der Waals surface area contributed by atoms with Gasteiger partial charge in [-0.2, -0.15) is 0 Å². The highest BCUT2D eigenvalue weighted by Gasteiger charge is 2.34. The van der Waals surface area contributed by atoms with Crippen molar-refractivity contribution < 1.29 is 9.53 Å². The van der Waals surface area contributed by atoms with Gasteiger partial charge in [-0.05, 0) is 75.0 Å². The first kappa shape index (κ1) is 19.8. The van der Waals surface area contributed by atoms with Crippen LogP contribution in [-0.4, -0.2) is 12.1 Å². The lowest BCUT2D eigenvalue weighted by molar-refractivity contribution is -0.157. The molecule has 4 aliphatic carbocycles. The summed E-state index contributed by atoms with van der Waals surface area (Å²) in [5, 5.41) is 0. The van der Waals surface area contributed by atoms with Crippen LogP contribution in [0.2, 0.25) is 0 Å². The molecule has 4 fully saturated rings. The molecule has 0 heterocycles. The maximum atomic E-state index is 12.7. The molecule has 4 aliphatic rings. The number of esters is 1. The van der Waals surface area contributed by atoms with Gasteiger partial charge in [0, 0.05) is 0 Å². The normalized spacial score (nSPS) is 37.0. The van der Waals surface area contributed by atoms with Gasteiger partial charge in [0.15, 0.2) is 0 Å². The van der Waals surface area contributed by atoms with Gasteiger partial charge in [-0.15, -0.1) is 0 Å². The molecule has 4 rings (SSSR count). The van der Waals surface area contributed by atoms with E-state index in [4.69, 9.17) is 4.74 Å². The standard InChI is InChI=1S/C25H42O2/c26-25(23-13-11-21(12-14-23)19-7-3-1-4-8-19)27-24-17-15-22(16-18-24)20-9-5-2-6-10-20/h19-24H,1-18H2. The summed E-state index contributed by atoms with van der Waals surface area (Å²) in [5.74, 6) is 4.13. The van der Waals surface area contributed by atoms with Gasteiger partial charge in [0.1, 0.15) is 6.10 Å². The summed E-state index contributed by atoms with van der Waals surface area (Å²) in [6.07, 6.45) is 24.3. The molecule has 0 atom stereocenters. The van der Waals surface area contributed by atoms with Crippen molar-refractivity contribution >= 4 is 5.97 Å². The summed E-state index contributed by atoms with van der Waals surface area (Å²) in [5.41, 5.74) is 0. The van der Waals surface area contributed by atoms with Gasteiger partial charge < -0.3 is 4.74 Å². The van der Waals surface area contributed by atoms with Gasteiger partial charge in [0.25, 0.3) is 0 Å². The largest absolute Gasteiger partial charge is 0.462 e. The summed E-state index contributed by atoms with van der Waals surface area (Å²) in [4.78, 5) is 12.7. The van der Waals surface area contributed by atoms with Crippen molar-refractivity contribution in [3.8, 4) is 0 Å². The number of rotatable bonds is 4. The Balaban J connectivity index is 1.16. The van der Waals surface area contributed by atoms with E-state index < -0.39 is 0 Å². The number of carbonyl (C=O) groups is 1. The zero-order chi connectivity index (χ0) is 18.5. The zero-order valence-corrected chi connectivity index (χ0v) is 17.5. The molecular weight excluding hydrogens is 332 g/mol. The molecular formula is C25H42O2. The van der Waals surface area contributed by atoms with Crippen molar-refractivity contribution in [1.29, 1.82) is 0 Å². The molecule has 0 amide bonds. The number of ether oxygens (including phenoxy) is 1. The minimum absolute atomic E-state index is 0.151. The maximum Gasteiger partial charge on any atom is 0.309 e. The second kappa shape index (κ2) is 9.79. The quantitative estimate of drug-likeness (QED) is 0.492. The van der Waals surface area contributed by atoms with Crippen molar-refractivity contribution in [1.82, 2.24) is 0 Å². The first-order valence-corrected chi connectivity index (χ1v) is 12.5. The number of hydrogen-bond donors (Lipinski definition) is 0. The van der Waals surface area contributed by atoms with Crippen LogP contribution in [0.25, 0.3) is 0 Å². The minimum atomic E-state index is 0.151. The Bertz CT molecular complexity index is 445. The van der Waals surface area contributed by atoms with Crippen LogP contribution in [-0.2, 0) is 9.53 Å². The molecule has 2 nitrogen and oxygen atoms in total. The van der Waals surface area contributed by atoms with Crippen molar-refractivity contribution in [2.75, 3.05) is 0 Å². The van der Waals surface area contributed by atoms with E-state index in [-0.39, 0.29) is 18.0 Å². The van der Waals surface area contributed by atoms with E-state index in [9.17, 15) is 4.79 Å². The van der Waals surface area contributed by atoms with E-state index in [1.54, 1.807) is 0 Å². The van der Waals surface area contributed by atoms with Gasteiger partial charge in [-0.1, -0.05) is 64.2 Å². The molecule has 154 valence electrons. The molecule has 0 radical (unpaired) electrons. The van der Waals surface area contributed by atoms with Gasteiger partial charge in [-0.3, -0.25) is 4.79 Å². The molecule has 0 N–H and O–H groups in total. The smallest absolute Gasteiger partial charge is 0.309 e. The first-order chi connectivity index (χ1) is 13.3. The Morgan fingerprint density at radius 3 is 1.37 bits per heavy atom. The van der Waals surface area contributed by atoms with Gasteiger partial charge in [0.05, 0.1) is 5.92 Å². The maximum absolute atomic E-state index is 12.7. The Hall–Kier alpha value is -0.530. The minimum Gasteiger partial charge on any atom is -0.462 e. The van der Waals surface area contributed by atoms with Crippen LogP contribution in [0.4, 0.5) is 0 Å². The summed E-state index contributed by atoms with van der Waals surface area (Å²) in [6, 6.07) is 0. The third-order valence-electron chi connectivity index (χ3n) is 8.74. The fourth-order valence-corrected chi connectivity index (χ4v) is 6.98. The van der Waals surface area contributed by atoms with Gasteiger partial charge in [-0.25, -0.2) is 0 Å². The molecule has 0 unspecified atom stereocenters. The third-order valence-corrected chi connectivity index (χ3v) is 8.74. The summed E-state index contributed by atoms with van der Waals surface area (Å²) < 4.78 is 6.01. The molecule has 2 heteroatoms. The average molecular weight is 375 g/mol. The van der Waals surface area contributed by atoms with Crippen molar-refractivity contribution in [3.63, 3.8) is 0 Å². The predicted octanol–water partition coefficient (Wildman–Crippen LogP) is 7.06. The second-order valence-corrected chi connectivity index (χ2v) is 10.4. The van der Waals surface area contributed by atoms with E-state index in [1.807, 2.05) is 0 Å². The monoisotopic (exact) mass is 374 g/mol. The van der Waals surface area contributed by atoms with Crippen molar-refractivity contribution in [3.05, 3.63) is 0 Å². The lowest BCUT2D eigenvalue weighted by atomic mass is 9.71. The highest BCUT2D eigenvalue weighted by Crippen LogP contribution is 2.41. The van der Waals surface area contributed by atoms with Gasteiger partial charge in [0.2, 0.25) is 0 Å². The van der Waals surface area contributed by atoms with E-state index >= 15 is 0 Å². The van der Waals surface area contributed by atoms with Crippen LogP contribution in [0.3, 0.4) is 0 Å². The summed E-state index contributed by atoms with van der Waals surface area (Å²) in [6.45, 7) is 0. The third kappa shape index (κ3) is 5.30. The molecule has 0 aromatic heterocycles. The van der Waals surface area contributed by atoms with Crippen LogP contribution in [0.5, 0.6) is 0 Å². The van der Waals surface area contributed by atoms with Crippen molar-refractivity contribution in [2.45, 2.75) is 122 Å². The molecule has 0 aromatic rings. The molecule has 0 bridgehead atoms. The fourth-order valence-electron chi connectivity index (χ4n) is 6.98.